The fourth-order valence-corrected chi connectivity index (χ4v) is 1.96. The molecule has 0 unspecified atom stereocenters. The Hall–Kier alpha value is -1.80. The number of nitrogens with two attached hydrogens (primary N) is 1. The third kappa shape index (κ3) is 4.33. The van der Waals surface area contributed by atoms with Gasteiger partial charge in [-0.1, -0.05) is 0 Å². The molecule has 0 aliphatic carbocycles. The Morgan fingerprint density at radius 3 is 2.33 bits per heavy atom. The molecular weight excluding hydrogens is 289 g/mol. The highest BCUT2D eigenvalue weighted by Crippen LogP contribution is 2.25. The second-order valence-electron chi connectivity index (χ2n) is 4.79. The number of alkyl halides is 3. The van der Waals surface area contributed by atoms with Crippen molar-refractivity contribution in [1.82, 2.24) is 0 Å². The topological polar surface area (TPSA) is 73.6 Å². The van der Waals surface area contributed by atoms with Gasteiger partial charge in [0.1, 0.15) is 11.3 Å². The molecule has 1 aliphatic heterocycles. The highest BCUT2D eigenvalue weighted by molar-refractivity contribution is 5.98. The average molecular weight is 304 g/mol. The van der Waals surface area contributed by atoms with Gasteiger partial charge in [-0.05, 0) is 37.1 Å². The Kier molecular flexibility index (Phi) is 4.38. The fraction of sp³-hybridized carbons (Fsp3) is 0.462. The van der Waals surface area contributed by atoms with Gasteiger partial charge in [-0.25, -0.2) is 0 Å². The van der Waals surface area contributed by atoms with Crippen molar-refractivity contribution in [1.29, 1.82) is 0 Å². The standard InChI is InChI=1S/C13H15F3N2O3/c14-13(15,16)21-10-3-1-9(2-4-10)18-11(19)12(17)5-7-20-8-6-12/h1-4H,5-8,17H2,(H,18,19). The molecule has 5 nitrogen and oxygen atoms in total. The lowest BCUT2D eigenvalue weighted by molar-refractivity contribution is -0.274. The predicted octanol–water partition coefficient (Wildman–Crippen LogP) is 2.03. The van der Waals surface area contributed by atoms with E-state index in [9.17, 15) is 18.0 Å². The molecule has 21 heavy (non-hydrogen) atoms. The van der Waals surface area contributed by atoms with E-state index in [4.69, 9.17) is 10.5 Å². The first-order valence-electron chi connectivity index (χ1n) is 6.32. The number of rotatable bonds is 3. The summed E-state index contributed by atoms with van der Waals surface area (Å²) in [5.41, 5.74) is 5.34. The van der Waals surface area contributed by atoms with Crippen LogP contribution in [-0.2, 0) is 9.53 Å². The normalized spacial score (nSPS) is 18.1. The number of benzene rings is 1. The molecule has 1 aromatic rings. The van der Waals surface area contributed by atoms with E-state index in [1.165, 1.54) is 12.1 Å². The van der Waals surface area contributed by atoms with E-state index in [1.54, 1.807) is 0 Å². The first-order valence-corrected chi connectivity index (χ1v) is 6.32. The zero-order valence-electron chi connectivity index (χ0n) is 11.1. The van der Waals surface area contributed by atoms with E-state index in [0.29, 0.717) is 31.7 Å². The van der Waals surface area contributed by atoms with Crippen molar-refractivity contribution in [3.8, 4) is 5.75 Å². The van der Waals surface area contributed by atoms with Crippen LogP contribution in [0.3, 0.4) is 0 Å². The monoisotopic (exact) mass is 304 g/mol. The van der Waals surface area contributed by atoms with Crippen LogP contribution in [-0.4, -0.2) is 31.0 Å². The molecule has 1 heterocycles. The van der Waals surface area contributed by atoms with Crippen LogP contribution < -0.4 is 15.8 Å². The van der Waals surface area contributed by atoms with Gasteiger partial charge >= 0.3 is 6.36 Å². The minimum atomic E-state index is -4.74. The molecule has 0 radical (unpaired) electrons. The number of anilines is 1. The first kappa shape index (κ1) is 15.6. The van der Waals surface area contributed by atoms with Crippen LogP contribution in [0.4, 0.5) is 18.9 Å². The van der Waals surface area contributed by atoms with Crippen molar-refractivity contribution in [3.63, 3.8) is 0 Å². The van der Waals surface area contributed by atoms with E-state index in [-0.39, 0.29) is 11.7 Å². The van der Waals surface area contributed by atoms with Crippen molar-refractivity contribution < 1.29 is 27.4 Å². The number of hydrogen-bond acceptors (Lipinski definition) is 4. The number of halogens is 3. The minimum Gasteiger partial charge on any atom is -0.406 e. The molecule has 3 N–H and O–H groups in total. The molecular formula is C13H15F3N2O3. The summed E-state index contributed by atoms with van der Waals surface area (Å²) < 4.78 is 45.0. The average Bonchev–Trinajstić information content (AvgIpc) is 2.40. The maximum Gasteiger partial charge on any atom is 0.573 e. The summed E-state index contributed by atoms with van der Waals surface area (Å²) in [5, 5.41) is 2.59. The maximum atomic E-state index is 12.1. The van der Waals surface area contributed by atoms with Crippen LogP contribution in [0.1, 0.15) is 12.8 Å². The van der Waals surface area contributed by atoms with Crippen molar-refractivity contribution in [2.75, 3.05) is 18.5 Å². The highest BCUT2D eigenvalue weighted by atomic mass is 19.4. The summed E-state index contributed by atoms with van der Waals surface area (Å²) in [6.07, 6.45) is -3.95. The zero-order chi connectivity index (χ0) is 15.5. The third-order valence-electron chi connectivity index (χ3n) is 3.18. The van der Waals surface area contributed by atoms with Crippen LogP contribution in [0.15, 0.2) is 24.3 Å². The Bertz CT molecular complexity index is 496. The number of ether oxygens (including phenoxy) is 2. The van der Waals surface area contributed by atoms with Crippen LogP contribution in [0.25, 0.3) is 0 Å². The minimum absolute atomic E-state index is 0.353. The maximum absolute atomic E-state index is 12.1. The van der Waals surface area contributed by atoms with Gasteiger partial charge in [-0.3, -0.25) is 4.79 Å². The van der Waals surface area contributed by atoms with Gasteiger partial charge in [0.05, 0.1) is 0 Å². The van der Waals surface area contributed by atoms with Gasteiger partial charge in [0, 0.05) is 18.9 Å². The molecule has 1 saturated heterocycles. The van der Waals surface area contributed by atoms with E-state index in [2.05, 4.69) is 10.1 Å². The Morgan fingerprint density at radius 1 is 1.24 bits per heavy atom. The Morgan fingerprint density at radius 2 is 1.81 bits per heavy atom. The fourth-order valence-electron chi connectivity index (χ4n) is 1.96. The lowest BCUT2D eigenvalue weighted by Crippen LogP contribution is -2.54. The zero-order valence-corrected chi connectivity index (χ0v) is 11.1. The van der Waals surface area contributed by atoms with Gasteiger partial charge < -0.3 is 20.5 Å². The lowest BCUT2D eigenvalue weighted by atomic mass is 9.90. The van der Waals surface area contributed by atoms with E-state index < -0.39 is 11.9 Å². The van der Waals surface area contributed by atoms with Crippen molar-refractivity contribution in [2.45, 2.75) is 24.7 Å². The van der Waals surface area contributed by atoms with E-state index >= 15 is 0 Å². The lowest BCUT2D eigenvalue weighted by Gasteiger charge is -2.31. The number of hydrogen-bond donors (Lipinski definition) is 2. The van der Waals surface area contributed by atoms with Crippen LogP contribution in [0.2, 0.25) is 0 Å². The second kappa shape index (κ2) is 5.90. The predicted molar refractivity (Wildman–Crippen MR) is 68.7 cm³/mol. The molecule has 0 bridgehead atoms. The molecule has 0 aromatic heterocycles. The van der Waals surface area contributed by atoms with Crippen LogP contribution >= 0.6 is 0 Å². The Balaban J connectivity index is 1.98. The molecule has 1 fully saturated rings. The van der Waals surface area contributed by atoms with E-state index in [1.807, 2.05) is 0 Å². The number of carbonyl (C=O) groups excluding carboxylic acids is 1. The Labute approximate surface area is 119 Å². The van der Waals surface area contributed by atoms with Gasteiger partial charge in [0.2, 0.25) is 5.91 Å². The van der Waals surface area contributed by atoms with Crippen LogP contribution in [0.5, 0.6) is 5.75 Å². The van der Waals surface area contributed by atoms with Crippen molar-refractivity contribution in [3.05, 3.63) is 24.3 Å². The molecule has 116 valence electrons. The molecule has 0 saturated carbocycles. The highest BCUT2D eigenvalue weighted by Gasteiger charge is 2.36. The summed E-state index contributed by atoms with van der Waals surface area (Å²) in [4.78, 5) is 12.1. The van der Waals surface area contributed by atoms with Gasteiger partial charge in [-0.2, -0.15) is 0 Å². The first-order chi connectivity index (χ1) is 9.78. The molecule has 0 atom stereocenters. The molecule has 0 spiro atoms. The number of amides is 1. The quantitative estimate of drug-likeness (QED) is 0.896. The van der Waals surface area contributed by atoms with Gasteiger partial charge in [0.25, 0.3) is 0 Å². The molecule has 1 aliphatic rings. The third-order valence-corrected chi connectivity index (χ3v) is 3.18. The van der Waals surface area contributed by atoms with Crippen molar-refractivity contribution in [2.24, 2.45) is 5.73 Å². The summed E-state index contributed by atoms with van der Waals surface area (Å²) in [7, 11) is 0. The summed E-state index contributed by atoms with van der Waals surface area (Å²) in [6, 6.07) is 4.88. The van der Waals surface area contributed by atoms with Gasteiger partial charge in [0.15, 0.2) is 0 Å². The smallest absolute Gasteiger partial charge is 0.406 e. The molecule has 8 heteroatoms. The largest absolute Gasteiger partial charge is 0.573 e. The molecule has 1 amide bonds. The van der Waals surface area contributed by atoms with E-state index in [0.717, 1.165) is 12.1 Å². The van der Waals surface area contributed by atoms with Crippen LogP contribution in [0, 0.1) is 0 Å². The number of carbonyl (C=O) groups is 1. The van der Waals surface area contributed by atoms with Gasteiger partial charge in [-0.15, -0.1) is 13.2 Å². The molecule has 1 aromatic carbocycles. The SMILES string of the molecule is NC1(C(=O)Nc2ccc(OC(F)(F)F)cc2)CCOCC1. The number of nitrogens with one attached hydrogen (secondary N) is 1. The second-order valence-corrected chi connectivity index (χ2v) is 4.79. The summed E-state index contributed by atoms with van der Waals surface area (Å²) in [5.74, 6) is -0.732. The summed E-state index contributed by atoms with van der Waals surface area (Å²) >= 11 is 0. The van der Waals surface area contributed by atoms with Crippen molar-refractivity contribution >= 4 is 11.6 Å². The molecule has 2 rings (SSSR count). The summed E-state index contributed by atoms with van der Waals surface area (Å²) in [6.45, 7) is 0.810.